The average Bonchev–Trinajstić information content (AvgIpc) is 2.17. The van der Waals surface area contributed by atoms with Crippen LogP contribution in [0.15, 0.2) is 0 Å². The average molecular weight is 174 g/mol. The highest BCUT2D eigenvalue weighted by molar-refractivity contribution is 7.80. The highest BCUT2D eigenvalue weighted by atomic mass is 32.1. The minimum Gasteiger partial charge on any atom is -0.479 e. The summed E-state index contributed by atoms with van der Waals surface area (Å²) in [6, 6.07) is -1.20. The van der Waals surface area contributed by atoms with E-state index in [2.05, 4.69) is 17.5 Å². The summed E-state index contributed by atoms with van der Waals surface area (Å²) >= 11 is 4.65. The number of carboxylic acid groups (broad SMARTS) is 1. The highest BCUT2D eigenvalue weighted by Crippen LogP contribution is 2.02. The molecule has 0 saturated carbocycles. The van der Waals surface area contributed by atoms with Crippen molar-refractivity contribution in [3.63, 3.8) is 0 Å². The SMILES string of the molecule is CN1C(=O)[C@@H](C(=O)O)NC1=S. The van der Waals surface area contributed by atoms with Crippen molar-refractivity contribution >= 4 is 29.2 Å². The van der Waals surface area contributed by atoms with Gasteiger partial charge in [0.25, 0.3) is 5.91 Å². The van der Waals surface area contributed by atoms with Crippen LogP contribution in [-0.4, -0.2) is 40.1 Å². The fraction of sp³-hybridized carbons (Fsp3) is 0.400. The zero-order valence-corrected chi connectivity index (χ0v) is 6.51. The Morgan fingerprint density at radius 3 is 2.55 bits per heavy atom. The lowest BCUT2D eigenvalue weighted by Crippen LogP contribution is -2.37. The Balaban J connectivity index is 2.83. The van der Waals surface area contributed by atoms with E-state index in [-0.39, 0.29) is 5.11 Å². The third-order valence-corrected chi connectivity index (χ3v) is 1.79. The molecule has 1 atom stereocenters. The topological polar surface area (TPSA) is 69.6 Å². The molecule has 0 spiro atoms. The Bertz CT molecular complexity index is 240. The molecule has 0 aliphatic carbocycles. The van der Waals surface area contributed by atoms with Crippen LogP contribution in [0.25, 0.3) is 0 Å². The van der Waals surface area contributed by atoms with Crippen LogP contribution in [-0.2, 0) is 9.59 Å². The molecule has 1 saturated heterocycles. The van der Waals surface area contributed by atoms with Gasteiger partial charge in [-0.25, -0.2) is 4.79 Å². The zero-order valence-electron chi connectivity index (χ0n) is 5.70. The lowest BCUT2D eigenvalue weighted by Gasteiger charge is -2.03. The van der Waals surface area contributed by atoms with E-state index >= 15 is 0 Å². The number of amides is 1. The first-order chi connectivity index (χ1) is 5.04. The minimum atomic E-state index is -1.21. The lowest BCUT2D eigenvalue weighted by molar-refractivity contribution is -0.143. The molecular formula is C5H6N2O3S. The summed E-state index contributed by atoms with van der Waals surface area (Å²) in [6.45, 7) is 0. The number of thiocarbonyl (C=S) groups is 1. The Morgan fingerprint density at radius 2 is 2.36 bits per heavy atom. The molecule has 1 rings (SSSR count). The Kier molecular flexibility index (Phi) is 1.77. The molecule has 1 amide bonds. The third-order valence-electron chi connectivity index (χ3n) is 1.40. The number of aliphatic carboxylic acids is 1. The Labute approximate surface area is 68.0 Å². The monoisotopic (exact) mass is 174 g/mol. The molecule has 1 fully saturated rings. The summed E-state index contributed by atoms with van der Waals surface area (Å²) in [5.41, 5.74) is 0. The Morgan fingerprint density at radius 1 is 1.82 bits per heavy atom. The highest BCUT2D eigenvalue weighted by Gasteiger charge is 2.37. The molecule has 6 heteroatoms. The van der Waals surface area contributed by atoms with Gasteiger partial charge in [-0.15, -0.1) is 0 Å². The molecule has 5 nitrogen and oxygen atoms in total. The second-order valence-electron chi connectivity index (χ2n) is 2.12. The number of carboxylic acids is 1. The van der Waals surface area contributed by atoms with Gasteiger partial charge < -0.3 is 10.4 Å². The van der Waals surface area contributed by atoms with E-state index < -0.39 is 17.9 Å². The van der Waals surface area contributed by atoms with Crippen LogP contribution >= 0.6 is 12.2 Å². The number of nitrogens with zero attached hydrogens (tertiary/aromatic N) is 1. The lowest BCUT2D eigenvalue weighted by atomic mass is 10.3. The summed E-state index contributed by atoms with van der Waals surface area (Å²) in [7, 11) is 1.43. The van der Waals surface area contributed by atoms with Gasteiger partial charge in [0.1, 0.15) is 0 Å². The summed E-state index contributed by atoms with van der Waals surface area (Å²) in [5, 5.41) is 11.0. The fourth-order valence-electron chi connectivity index (χ4n) is 0.743. The smallest absolute Gasteiger partial charge is 0.336 e. The van der Waals surface area contributed by atoms with Crippen molar-refractivity contribution < 1.29 is 14.7 Å². The molecular weight excluding hydrogens is 168 g/mol. The predicted molar refractivity (Wildman–Crippen MR) is 39.9 cm³/mol. The van der Waals surface area contributed by atoms with Crippen LogP contribution in [0.1, 0.15) is 0 Å². The van der Waals surface area contributed by atoms with Crippen LogP contribution in [0.3, 0.4) is 0 Å². The Hall–Kier alpha value is -1.17. The van der Waals surface area contributed by atoms with Gasteiger partial charge in [-0.1, -0.05) is 0 Å². The molecule has 0 aromatic heterocycles. The molecule has 0 radical (unpaired) electrons. The van der Waals surface area contributed by atoms with Crippen molar-refractivity contribution in [1.82, 2.24) is 10.2 Å². The van der Waals surface area contributed by atoms with Crippen molar-refractivity contribution in [2.45, 2.75) is 6.04 Å². The van der Waals surface area contributed by atoms with Gasteiger partial charge in [0, 0.05) is 7.05 Å². The summed E-state index contributed by atoms with van der Waals surface area (Å²) in [5.74, 6) is -1.73. The van der Waals surface area contributed by atoms with Gasteiger partial charge >= 0.3 is 5.97 Å². The van der Waals surface area contributed by atoms with E-state index in [0.29, 0.717) is 0 Å². The summed E-state index contributed by atoms with van der Waals surface area (Å²) in [6.07, 6.45) is 0. The number of rotatable bonds is 1. The maximum atomic E-state index is 11.0. The van der Waals surface area contributed by atoms with Gasteiger partial charge in [0.15, 0.2) is 5.11 Å². The molecule has 0 unspecified atom stereocenters. The fourth-order valence-corrected chi connectivity index (χ4v) is 0.951. The van der Waals surface area contributed by atoms with Crippen LogP contribution < -0.4 is 5.32 Å². The van der Waals surface area contributed by atoms with E-state index in [4.69, 9.17) is 5.11 Å². The number of likely N-dealkylation sites (N-methyl/N-ethyl adjacent to an activating group) is 1. The van der Waals surface area contributed by atoms with Crippen molar-refractivity contribution in [3.8, 4) is 0 Å². The standard InChI is InChI=1S/C5H6N2O3S/c1-7-3(8)2(4(9)10)6-5(7)11/h2H,1H3,(H,6,11)(H,9,10)/t2-/m0/s1. The van der Waals surface area contributed by atoms with Gasteiger partial charge in [-0.3, -0.25) is 9.69 Å². The van der Waals surface area contributed by atoms with Crippen molar-refractivity contribution in [1.29, 1.82) is 0 Å². The molecule has 60 valence electrons. The third kappa shape index (κ3) is 1.16. The first-order valence-corrected chi connectivity index (χ1v) is 3.25. The molecule has 0 aromatic rings. The summed E-state index contributed by atoms with van der Waals surface area (Å²) < 4.78 is 0. The molecule has 1 aliphatic heterocycles. The largest absolute Gasteiger partial charge is 0.479 e. The molecule has 0 aromatic carbocycles. The van der Waals surface area contributed by atoms with Gasteiger partial charge in [0.2, 0.25) is 6.04 Å². The summed E-state index contributed by atoms with van der Waals surface area (Å²) in [4.78, 5) is 22.4. The van der Waals surface area contributed by atoms with Crippen LogP contribution in [0.2, 0.25) is 0 Å². The first kappa shape index (κ1) is 7.93. The minimum absolute atomic E-state index is 0.155. The van der Waals surface area contributed by atoms with Crippen molar-refractivity contribution in [2.75, 3.05) is 7.05 Å². The van der Waals surface area contributed by atoms with Crippen LogP contribution in [0.5, 0.6) is 0 Å². The van der Waals surface area contributed by atoms with Crippen molar-refractivity contribution in [3.05, 3.63) is 0 Å². The molecule has 11 heavy (non-hydrogen) atoms. The zero-order chi connectivity index (χ0) is 8.59. The molecule has 2 N–H and O–H groups in total. The normalized spacial score (nSPS) is 23.7. The van der Waals surface area contributed by atoms with Gasteiger partial charge in [-0.05, 0) is 12.2 Å². The maximum absolute atomic E-state index is 11.0. The number of carbonyl (C=O) groups excluding carboxylic acids is 1. The second kappa shape index (κ2) is 2.46. The number of carbonyl (C=O) groups is 2. The van der Waals surface area contributed by atoms with E-state index in [0.717, 1.165) is 4.90 Å². The van der Waals surface area contributed by atoms with E-state index in [1.807, 2.05) is 0 Å². The van der Waals surface area contributed by atoms with E-state index in [1.165, 1.54) is 7.05 Å². The molecule has 0 bridgehead atoms. The van der Waals surface area contributed by atoms with Gasteiger partial charge in [0.05, 0.1) is 0 Å². The number of nitrogens with one attached hydrogen (secondary N) is 1. The van der Waals surface area contributed by atoms with Crippen LogP contribution in [0, 0.1) is 0 Å². The maximum Gasteiger partial charge on any atom is 0.336 e. The molecule has 1 aliphatic rings. The van der Waals surface area contributed by atoms with E-state index in [1.54, 1.807) is 0 Å². The quantitative estimate of drug-likeness (QED) is 0.385. The molecule has 1 heterocycles. The first-order valence-electron chi connectivity index (χ1n) is 2.85. The van der Waals surface area contributed by atoms with Gasteiger partial charge in [-0.2, -0.15) is 0 Å². The van der Waals surface area contributed by atoms with E-state index in [9.17, 15) is 9.59 Å². The second-order valence-corrected chi connectivity index (χ2v) is 2.50. The number of hydrogen-bond donors (Lipinski definition) is 2. The number of hydrogen-bond acceptors (Lipinski definition) is 3. The van der Waals surface area contributed by atoms with Crippen LogP contribution in [0.4, 0.5) is 0 Å². The predicted octanol–water partition coefficient (Wildman–Crippen LogP) is -1.21. The van der Waals surface area contributed by atoms with Crippen molar-refractivity contribution in [2.24, 2.45) is 0 Å².